The maximum atomic E-state index is 12.7. The Labute approximate surface area is 120 Å². The molecule has 0 amide bonds. The van der Waals surface area contributed by atoms with Crippen LogP contribution >= 0.6 is 7.60 Å². The molecule has 5 nitrogen and oxygen atoms in total. The second-order valence-electron chi connectivity index (χ2n) is 4.12. The highest BCUT2D eigenvalue weighted by atomic mass is 31.2. The van der Waals surface area contributed by atoms with E-state index in [1.54, 1.807) is 21.0 Å². The van der Waals surface area contributed by atoms with Gasteiger partial charge in [0.15, 0.2) is 5.85 Å². The SMILES string of the molecule is CCOP(=O)(OCC)C(Cc1cccc(OC)c1)OC. The summed E-state index contributed by atoms with van der Waals surface area (Å²) < 4.78 is 33.9. The van der Waals surface area contributed by atoms with Gasteiger partial charge in [0, 0.05) is 13.5 Å². The van der Waals surface area contributed by atoms with Crippen LogP contribution < -0.4 is 4.74 Å². The van der Waals surface area contributed by atoms with E-state index >= 15 is 0 Å². The molecule has 0 aliphatic rings. The number of hydrogen-bond donors (Lipinski definition) is 0. The minimum atomic E-state index is -3.28. The van der Waals surface area contributed by atoms with Gasteiger partial charge in [0.25, 0.3) is 0 Å². The third-order valence-electron chi connectivity index (χ3n) is 2.79. The summed E-state index contributed by atoms with van der Waals surface area (Å²) in [4.78, 5) is 0. The number of methoxy groups -OCH3 is 2. The van der Waals surface area contributed by atoms with Crippen molar-refractivity contribution in [1.82, 2.24) is 0 Å². The molecule has 0 aromatic heterocycles. The molecule has 114 valence electrons. The number of rotatable bonds is 9. The monoisotopic (exact) mass is 302 g/mol. The lowest BCUT2D eigenvalue weighted by Crippen LogP contribution is -2.18. The Balaban J connectivity index is 2.90. The molecule has 0 radical (unpaired) electrons. The molecule has 0 fully saturated rings. The Hall–Kier alpha value is -0.870. The van der Waals surface area contributed by atoms with Crippen molar-refractivity contribution in [3.05, 3.63) is 29.8 Å². The summed E-state index contributed by atoms with van der Waals surface area (Å²) >= 11 is 0. The zero-order valence-electron chi connectivity index (χ0n) is 12.5. The molecule has 0 spiro atoms. The first-order chi connectivity index (χ1) is 9.59. The fourth-order valence-corrected chi connectivity index (χ4v) is 3.71. The molecule has 6 heteroatoms. The molecule has 1 aromatic carbocycles. The van der Waals surface area contributed by atoms with E-state index in [0.29, 0.717) is 19.6 Å². The lowest BCUT2D eigenvalue weighted by molar-refractivity contribution is 0.109. The van der Waals surface area contributed by atoms with Gasteiger partial charge in [-0.05, 0) is 31.5 Å². The molecular weight excluding hydrogens is 279 g/mol. The maximum absolute atomic E-state index is 12.7. The molecule has 1 rings (SSSR count). The van der Waals surface area contributed by atoms with Crippen LogP contribution in [-0.2, 0) is 24.8 Å². The van der Waals surface area contributed by atoms with Crippen LogP contribution in [0.1, 0.15) is 19.4 Å². The molecule has 0 aliphatic carbocycles. The molecule has 0 bridgehead atoms. The maximum Gasteiger partial charge on any atom is 0.359 e. The van der Waals surface area contributed by atoms with E-state index in [4.69, 9.17) is 18.5 Å². The van der Waals surface area contributed by atoms with E-state index in [1.807, 2.05) is 24.3 Å². The smallest absolute Gasteiger partial charge is 0.359 e. The van der Waals surface area contributed by atoms with Crippen molar-refractivity contribution < 1.29 is 23.1 Å². The van der Waals surface area contributed by atoms with Crippen molar-refractivity contribution in [3.63, 3.8) is 0 Å². The summed E-state index contributed by atoms with van der Waals surface area (Å²) in [5, 5.41) is 0. The largest absolute Gasteiger partial charge is 0.497 e. The predicted octanol–water partition coefficient (Wildman–Crippen LogP) is 3.48. The Morgan fingerprint density at radius 1 is 1.15 bits per heavy atom. The van der Waals surface area contributed by atoms with Crippen LogP contribution in [0.3, 0.4) is 0 Å². The number of hydrogen-bond acceptors (Lipinski definition) is 5. The Bertz CT molecular complexity index is 439. The standard InChI is InChI=1S/C14H23O5P/c1-5-18-20(15,19-6-2)14(17-4)11-12-8-7-9-13(10-12)16-3/h7-10,14H,5-6,11H2,1-4H3. The van der Waals surface area contributed by atoms with E-state index in [9.17, 15) is 4.57 Å². The van der Waals surface area contributed by atoms with Crippen LogP contribution in [0.25, 0.3) is 0 Å². The molecule has 1 aromatic rings. The zero-order chi connectivity index (χ0) is 15.0. The minimum absolute atomic E-state index is 0.315. The van der Waals surface area contributed by atoms with Crippen LogP contribution in [0.5, 0.6) is 5.75 Å². The Morgan fingerprint density at radius 3 is 2.30 bits per heavy atom. The summed E-state index contributed by atoms with van der Waals surface area (Å²) in [5.74, 6) is 0.120. The third-order valence-corrected chi connectivity index (χ3v) is 5.12. The first-order valence-corrected chi connectivity index (χ1v) is 8.25. The molecule has 0 saturated carbocycles. The lowest BCUT2D eigenvalue weighted by atomic mass is 10.1. The highest BCUT2D eigenvalue weighted by Gasteiger charge is 2.35. The van der Waals surface area contributed by atoms with Gasteiger partial charge in [0.05, 0.1) is 20.3 Å². The first kappa shape index (κ1) is 17.2. The fraction of sp³-hybridized carbons (Fsp3) is 0.571. The second-order valence-corrected chi connectivity index (χ2v) is 6.29. The van der Waals surface area contributed by atoms with Crippen LogP contribution in [0.2, 0.25) is 0 Å². The molecule has 0 N–H and O–H groups in total. The summed E-state index contributed by atoms with van der Waals surface area (Å²) in [6.45, 7) is 4.19. The fourth-order valence-electron chi connectivity index (χ4n) is 1.89. The molecule has 0 saturated heterocycles. The summed E-state index contributed by atoms with van der Waals surface area (Å²) in [6, 6.07) is 7.55. The van der Waals surface area contributed by atoms with Crippen molar-refractivity contribution in [2.45, 2.75) is 26.1 Å². The summed E-state index contributed by atoms with van der Waals surface area (Å²) in [5.41, 5.74) is 0.954. The topological polar surface area (TPSA) is 54.0 Å². The van der Waals surface area contributed by atoms with E-state index in [-0.39, 0.29) is 0 Å². The zero-order valence-corrected chi connectivity index (χ0v) is 13.4. The molecule has 0 aliphatic heterocycles. The minimum Gasteiger partial charge on any atom is -0.497 e. The average Bonchev–Trinajstić information content (AvgIpc) is 2.45. The van der Waals surface area contributed by atoms with E-state index in [2.05, 4.69) is 0 Å². The van der Waals surface area contributed by atoms with E-state index in [0.717, 1.165) is 11.3 Å². The summed E-state index contributed by atoms with van der Waals surface area (Å²) in [6.07, 6.45) is 0.435. The van der Waals surface area contributed by atoms with Gasteiger partial charge in [-0.15, -0.1) is 0 Å². The van der Waals surface area contributed by atoms with Gasteiger partial charge in [0.2, 0.25) is 0 Å². The van der Waals surface area contributed by atoms with Crippen molar-refractivity contribution in [2.24, 2.45) is 0 Å². The second kappa shape index (κ2) is 8.42. The molecule has 1 unspecified atom stereocenters. The van der Waals surface area contributed by atoms with Gasteiger partial charge in [-0.2, -0.15) is 0 Å². The molecule has 1 atom stereocenters. The highest BCUT2D eigenvalue weighted by molar-refractivity contribution is 7.54. The van der Waals surface area contributed by atoms with Gasteiger partial charge in [-0.1, -0.05) is 12.1 Å². The van der Waals surface area contributed by atoms with Gasteiger partial charge in [-0.25, -0.2) is 0 Å². The average molecular weight is 302 g/mol. The van der Waals surface area contributed by atoms with Crippen LogP contribution in [0.4, 0.5) is 0 Å². The molecular formula is C14H23O5P. The Kier molecular flexibility index (Phi) is 7.24. The van der Waals surface area contributed by atoms with Crippen LogP contribution in [0, 0.1) is 0 Å². The molecule has 20 heavy (non-hydrogen) atoms. The van der Waals surface area contributed by atoms with Gasteiger partial charge in [-0.3, -0.25) is 4.57 Å². The van der Waals surface area contributed by atoms with E-state index in [1.165, 1.54) is 7.11 Å². The van der Waals surface area contributed by atoms with Gasteiger partial charge >= 0.3 is 7.60 Å². The third kappa shape index (κ3) is 4.60. The Morgan fingerprint density at radius 2 is 1.80 bits per heavy atom. The number of benzene rings is 1. The number of ether oxygens (including phenoxy) is 2. The quantitative estimate of drug-likeness (QED) is 0.654. The van der Waals surface area contributed by atoms with Gasteiger partial charge < -0.3 is 18.5 Å². The van der Waals surface area contributed by atoms with E-state index < -0.39 is 13.4 Å². The van der Waals surface area contributed by atoms with Crippen LogP contribution in [0.15, 0.2) is 24.3 Å². The predicted molar refractivity (Wildman–Crippen MR) is 78.4 cm³/mol. The first-order valence-electron chi connectivity index (χ1n) is 6.64. The van der Waals surface area contributed by atoms with Crippen molar-refractivity contribution in [2.75, 3.05) is 27.4 Å². The summed E-state index contributed by atoms with van der Waals surface area (Å²) in [7, 11) is -0.163. The van der Waals surface area contributed by atoms with Gasteiger partial charge in [0.1, 0.15) is 5.75 Å². The van der Waals surface area contributed by atoms with Crippen molar-refractivity contribution in [1.29, 1.82) is 0 Å². The highest BCUT2D eigenvalue weighted by Crippen LogP contribution is 2.54. The molecule has 0 heterocycles. The lowest BCUT2D eigenvalue weighted by Gasteiger charge is -2.25. The van der Waals surface area contributed by atoms with Crippen molar-refractivity contribution in [3.8, 4) is 5.75 Å². The normalized spacial score (nSPS) is 13.2. The van der Waals surface area contributed by atoms with Crippen molar-refractivity contribution >= 4 is 7.60 Å². The van der Waals surface area contributed by atoms with Crippen LogP contribution in [-0.4, -0.2) is 33.3 Å².